The van der Waals surface area contributed by atoms with E-state index in [1.54, 1.807) is 24.3 Å². The molecule has 0 spiro atoms. The van der Waals surface area contributed by atoms with Crippen LogP contribution in [-0.2, 0) is 0 Å². The van der Waals surface area contributed by atoms with Crippen molar-refractivity contribution in [2.24, 2.45) is 0 Å². The number of benzene rings is 2. The third-order valence-corrected chi connectivity index (χ3v) is 2.68. The fourth-order valence-corrected chi connectivity index (χ4v) is 1.73. The van der Waals surface area contributed by atoms with Crippen LogP contribution in [0, 0.1) is 0 Å². The van der Waals surface area contributed by atoms with E-state index < -0.39 is 0 Å². The summed E-state index contributed by atoms with van der Waals surface area (Å²) in [6, 6.07) is 11.2. The maximum Gasteiger partial charge on any atom is 0.123 e. The van der Waals surface area contributed by atoms with Crippen LogP contribution in [0.15, 0.2) is 42.5 Å². The first kappa shape index (κ1) is 12.0. The Hall–Kier alpha value is -2.42. The molecule has 0 bridgehead atoms. The van der Waals surface area contributed by atoms with E-state index in [0.717, 1.165) is 11.1 Å². The minimum Gasteiger partial charge on any atom is -0.508 e. The zero-order chi connectivity index (χ0) is 13.1. The van der Waals surface area contributed by atoms with E-state index in [9.17, 15) is 15.3 Å². The van der Waals surface area contributed by atoms with Crippen molar-refractivity contribution in [3.63, 3.8) is 0 Å². The van der Waals surface area contributed by atoms with E-state index in [2.05, 4.69) is 0 Å². The lowest BCUT2D eigenvalue weighted by Gasteiger charge is -2.05. The van der Waals surface area contributed by atoms with Crippen molar-refractivity contribution >= 4 is 11.6 Å². The van der Waals surface area contributed by atoms with Gasteiger partial charge in [-0.3, -0.25) is 0 Å². The molecule has 0 aliphatic rings. The molecule has 3 nitrogen and oxygen atoms in total. The Morgan fingerprint density at radius 1 is 0.944 bits per heavy atom. The SMILES string of the molecule is CC(=Cc1cc(O)ccc1O)c1cccc(O)c1. The number of hydrogen-bond donors (Lipinski definition) is 3. The van der Waals surface area contributed by atoms with Crippen LogP contribution >= 0.6 is 0 Å². The van der Waals surface area contributed by atoms with Gasteiger partial charge in [0.05, 0.1) is 0 Å². The van der Waals surface area contributed by atoms with Gasteiger partial charge in [-0.1, -0.05) is 12.1 Å². The summed E-state index contributed by atoms with van der Waals surface area (Å²) < 4.78 is 0. The lowest BCUT2D eigenvalue weighted by molar-refractivity contribution is 0.459. The Kier molecular flexibility index (Phi) is 3.24. The quantitative estimate of drug-likeness (QED) is 0.559. The Balaban J connectivity index is 2.41. The predicted molar refractivity (Wildman–Crippen MR) is 71.4 cm³/mol. The van der Waals surface area contributed by atoms with Gasteiger partial charge in [-0.05, 0) is 54.5 Å². The maximum absolute atomic E-state index is 9.68. The van der Waals surface area contributed by atoms with E-state index in [1.807, 2.05) is 13.0 Å². The van der Waals surface area contributed by atoms with E-state index in [4.69, 9.17) is 0 Å². The van der Waals surface area contributed by atoms with Gasteiger partial charge in [-0.2, -0.15) is 0 Å². The zero-order valence-corrected chi connectivity index (χ0v) is 9.96. The van der Waals surface area contributed by atoms with Gasteiger partial charge in [-0.15, -0.1) is 0 Å². The summed E-state index contributed by atoms with van der Waals surface area (Å²) in [4.78, 5) is 0. The largest absolute Gasteiger partial charge is 0.508 e. The number of allylic oxidation sites excluding steroid dienone is 1. The summed E-state index contributed by atoms with van der Waals surface area (Å²) in [6.45, 7) is 1.87. The smallest absolute Gasteiger partial charge is 0.123 e. The van der Waals surface area contributed by atoms with Crippen LogP contribution in [0.4, 0.5) is 0 Å². The molecule has 0 aromatic heterocycles. The molecule has 0 fully saturated rings. The van der Waals surface area contributed by atoms with E-state index in [-0.39, 0.29) is 17.2 Å². The molecular weight excluding hydrogens is 228 g/mol. The van der Waals surface area contributed by atoms with Crippen molar-refractivity contribution in [1.29, 1.82) is 0 Å². The first-order chi connectivity index (χ1) is 8.56. The van der Waals surface area contributed by atoms with Gasteiger partial charge in [0.15, 0.2) is 0 Å². The molecule has 2 aromatic rings. The summed E-state index contributed by atoms with van der Waals surface area (Å²) in [5.74, 6) is 0.399. The Labute approximate surface area is 105 Å². The highest BCUT2D eigenvalue weighted by atomic mass is 16.3. The molecule has 0 heterocycles. The number of rotatable bonds is 2. The summed E-state index contributed by atoms with van der Waals surface area (Å²) in [6.07, 6.45) is 1.75. The van der Waals surface area contributed by atoms with Crippen LogP contribution in [0.5, 0.6) is 17.2 Å². The van der Waals surface area contributed by atoms with Crippen LogP contribution in [-0.4, -0.2) is 15.3 Å². The standard InChI is InChI=1S/C15H14O3/c1-10(11-3-2-4-13(16)8-11)7-12-9-14(17)5-6-15(12)18/h2-9,16-18H,1H3. The normalized spacial score (nSPS) is 11.5. The Morgan fingerprint density at radius 3 is 2.39 bits per heavy atom. The Bertz CT molecular complexity index is 600. The van der Waals surface area contributed by atoms with Gasteiger partial charge < -0.3 is 15.3 Å². The molecule has 0 amide bonds. The molecule has 0 aliphatic heterocycles. The van der Waals surface area contributed by atoms with Gasteiger partial charge in [0, 0.05) is 5.56 Å². The third-order valence-electron chi connectivity index (χ3n) is 2.68. The average Bonchev–Trinajstić information content (AvgIpc) is 2.34. The van der Waals surface area contributed by atoms with Crippen molar-refractivity contribution in [2.45, 2.75) is 6.92 Å². The topological polar surface area (TPSA) is 60.7 Å². The Morgan fingerprint density at radius 2 is 1.67 bits per heavy atom. The highest BCUT2D eigenvalue weighted by Gasteiger charge is 2.02. The van der Waals surface area contributed by atoms with Crippen LogP contribution in [0.3, 0.4) is 0 Å². The average molecular weight is 242 g/mol. The summed E-state index contributed by atoms with van der Waals surface area (Å²) in [5, 5.41) is 28.5. The molecule has 2 rings (SSSR count). The van der Waals surface area contributed by atoms with Crippen molar-refractivity contribution in [1.82, 2.24) is 0 Å². The number of phenols is 3. The fraction of sp³-hybridized carbons (Fsp3) is 0.0667. The number of phenolic OH excluding ortho intramolecular Hbond substituents is 3. The molecular formula is C15H14O3. The van der Waals surface area contributed by atoms with Crippen molar-refractivity contribution in [2.75, 3.05) is 0 Å². The zero-order valence-electron chi connectivity index (χ0n) is 9.96. The first-order valence-electron chi connectivity index (χ1n) is 5.56. The second-order valence-electron chi connectivity index (χ2n) is 4.12. The molecule has 3 heteroatoms. The van der Waals surface area contributed by atoms with Crippen LogP contribution in [0.2, 0.25) is 0 Å². The monoisotopic (exact) mass is 242 g/mol. The molecule has 0 atom stereocenters. The number of hydrogen-bond acceptors (Lipinski definition) is 3. The summed E-state index contributed by atoms with van der Waals surface area (Å²) >= 11 is 0. The summed E-state index contributed by atoms with van der Waals surface area (Å²) in [7, 11) is 0. The van der Waals surface area contributed by atoms with Crippen LogP contribution in [0.1, 0.15) is 18.1 Å². The number of aromatic hydroxyl groups is 3. The van der Waals surface area contributed by atoms with E-state index >= 15 is 0 Å². The minimum absolute atomic E-state index is 0.0998. The highest BCUT2D eigenvalue weighted by Crippen LogP contribution is 2.27. The molecule has 3 N–H and O–H groups in total. The maximum atomic E-state index is 9.68. The lowest BCUT2D eigenvalue weighted by Crippen LogP contribution is -1.81. The third kappa shape index (κ3) is 2.63. The first-order valence-corrected chi connectivity index (χ1v) is 5.56. The minimum atomic E-state index is 0.0998. The van der Waals surface area contributed by atoms with Crippen molar-refractivity contribution in [3.8, 4) is 17.2 Å². The van der Waals surface area contributed by atoms with E-state index in [1.165, 1.54) is 18.2 Å². The van der Waals surface area contributed by atoms with Gasteiger partial charge in [-0.25, -0.2) is 0 Å². The lowest BCUT2D eigenvalue weighted by atomic mass is 10.0. The molecule has 18 heavy (non-hydrogen) atoms. The van der Waals surface area contributed by atoms with Gasteiger partial charge in [0.1, 0.15) is 17.2 Å². The van der Waals surface area contributed by atoms with E-state index in [0.29, 0.717) is 5.56 Å². The van der Waals surface area contributed by atoms with Crippen molar-refractivity contribution < 1.29 is 15.3 Å². The highest BCUT2D eigenvalue weighted by molar-refractivity contribution is 5.82. The molecule has 0 saturated heterocycles. The van der Waals surface area contributed by atoms with Gasteiger partial charge >= 0.3 is 0 Å². The predicted octanol–water partition coefficient (Wildman–Crippen LogP) is 3.36. The fourth-order valence-electron chi connectivity index (χ4n) is 1.73. The summed E-state index contributed by atoms with van der Waals surface area (Å²) in [5.41, 5.74) is 2.28. The molecule has 0 radical (unpaired) electrons. The van der Waals surface area contributed by atoms with Gasteiger partial charge in [0.2, 0.25) is 0 Å². The van der Waals surface area contributed by atoms with Crippen LogP contribution in [0.25, 0.3) is 11.6 Å². The molecule has 92 valence electrons. The van der Waals surface area contributed by atoms with Gasteiger partial charge in [0.25, 0.3) is 0 Å². The molecule has 0 unspecified atom stereocenters. The van der Waals surface area contributed by atoms with Crippen LogP contribution < -0.4 is 0 Å². The second-order valence-corrected chi connectivity index (χ2v) is 4.12. The molecule has 0 saturated carbocycles. The van der Waals surface area contributed by atoms with Crippen molar-refractivity contribution in [3.05, 3.63) is 53.6 Å². The molecule has 2 aromatic carbocycles. The molecule has 0 aliphatic carbocycles. The second kappa shape index (κ2) is 4.84.